The number of methoxy groups -OCH3 is 1. The summed E-state index contributed by atoms with van der Waals surface area (Å²) >= 11 is 0. The smallest absolute Gasteiger partial charge is 0.161 e. The van der Waals surface area contributed by atoms with Crippen molar-refractivity contribution < 1.29 is 14.2 Å². The molecule has 0 aromatic rings. The molecular formula is C10H19BO3. The molecule has 0 N–H and O–H groups in total. The van der Waals surface area contributed by atoms with Crippen molar-refractivity contribution >= 4 is 7.28 Å². The number of fused-ring (bicyclic) bond motifs is 2. The quantitative estimate of drug-likeness (QED) is 0.624. The minimum absolute atomic E-state index is 0.143. The molecule has 2 aliphatic rings. The van der Waals surface area contributed by atoms with E-state index in [1.54, 1.807) is 7.11 Å². The van der Waals surface area contributed by atoms with E-state index in [0.717, 1.165) is 20.0 Å². The summed E-state index contributed by atoms with van der Waals surface area (Å²) in [5, 5.41) is 0. The van der Waals surface area contributed by atoms with Gasteiger partial charge in [-0.25, -0.2) is 0 Å². The third-order valence-electron chi connectivity index (χ3n) is 3.52. The molecule has 2 saturated heterocycles. The van der Waals surface area contributed by atoms with Crippen LogP contribution in [0.4, 0.5) is 0 Å². The summed E-state index contributed by atoms with van der Waals surface area (Å²) in [6.45, 7) is 5.02. The number of ether oxygens (including phenoxy) is 3. The van der Waals surface area contributed by atoms with E-state index in [-0.39, 0.29) is 23.8 Å². The summed E-state index contributed by atoms with van der Waals surface area (Å²) in [6.07, 6.45) is 2.42. The third kappa shape index (κ3) is 1.32. The first-order chi connectivity index (χ1) is 6.77. The molecule has 3 nitrogen and oxygen atoms in total. The normalized spacial score (nSPS) is 45.8. The molecule has 2 fully saturated rings. The van der Waals surface area contributed by atoms with Gasteiger partial charge in [0, 0.05) is 7.11 Å². The van der Waals surface area contributed by atoms with Crippen LogP contribution in [0.15, 0.2) is 0 Å². The maximum Gasteiger partial charge on any atom is 0.161 e. The van der Waals surface area contributed by atoms with E-state index in [9.17, 15) is 0 Å². The fraction of sp³-hybridized carbons (Fsp3) is 1.00. The second-order valence-electron chi connectivity index (χ2n) is 4.30. The van der Waals surface area contributed by atoms with Crippen LogP contribution in [0.3, 0.4) is 0 Å². The predicted octanol–water partition coefficient (Wildman–Crippen LogP) is 0.780. The van der Waals surface area contributed by atoms with Crippen molar-refractivity contribution in [2.75, 3.05) is 13.7 Å². The first-order valence-corrected chi connectivity index (χ1v) is 5.59. The third-order valence-corrected chi connectivity index (χ3v) is 3.52. The van der Waals surface area contributed by atoms with E-state index in [4.69, 9.17) is 14.2 Å². The fourth-order valence-corrected chi connectivity index (χ4v) is 2.72. The fourth-order valence-electron chi connectivity index (χ4n) is 2.72. The van der Waals surface area contributed by atoms with E-state index in [2.05, 4.69) is 13.8 Å². The van der Waals surface area contributed by atoms with Gasteiger partial charge in [-0.2, -0.15) is 0 Å². The van der Waals surface area contributed by atoms with Crippen LogP contribution in [0.1, 0.15) is 20.3 Å². The average Bonchev–Trinajstić information content (AvgIpc) is 2.70. The van der Waals surface area contributed by atoms with Crippen LogP contribution in [0, 0.1) is 0 Å². The predicted molar refractivity (Wildman–Crippen MR) is 56.1 cm³/mol. The standard InChI is InChI=1S/C10H19BO3/c1-4-10-6-13-7(8(10)12-3)9(14-10)11-5-2/h7-9,11H,4-6H2,1-3H3. The molecule has 4 heteroatoms. The highest BCUT2D eigenvalue weighted by atomic mass is 16.7. The van der Waals surface area contributed by atoms with Crippen molar-refractivity contribution in [1.29, 1.82) is 0 Å². The Bertz CT molecular complexity index is 212. The number of hydrogen-bond acceptors (Lipinski definition) is 3. The van der Waals surface area contributed by atoms with E-state index in [0.29, 0.717) is 6.61 Å². The van der Waals surface area contributed by atoms with Crippen molar-refractivity contribution in [2.45, 2.75) is 50.4 Å². The molecule has 2 bridgehead atoms. The Morgan fingerprint density at radius 3 is 2.79 bits per heavy atom. The van der Waals surface area contributed by atoms with Gasteiger partial charge in [0.15, 0.2) is 7.28 Å². The van der Waals surface area contributed by atoms with Gasteiger partial charge in [-0.3, -0.25) is 0 Å². The van der Waals surface area contributed by atoms with Crippen LogP contribution >= 0.6 is 0 Å². The van der Waals surface area contributed by atoms with Crippen LogP contribution in [0.2, 0.25) is 6.32 Å². The van der Waals surface area contributed by atoms with Gasteiger partial charge in [0.1, 0.15) is 17.8 Å². The monoisotopic (exact) mass is 198 g/mol. The highest BCUT2D eigenvalue weighted by Gasteiger charge is 2.60. The molecule has 0 spiro atoms. The van der Waals surface area contributed by atoms with Crippen LogP contribution in [-0.2, 0) is 14.2 Å². The zero-order valence-electron chi connectivity index (χ0n) is 9.29. The summed E-state index contributed by atoms with van der Waals surface area (Å²) in [5.74, 6) is 0. The van der Waals surface area contributed by atoms with Crippen LogP contribution in [0.25, 0.3) is 0 Å². The van der Waals surface area contributed by atoms with Crippen molar-refractivity contribution in [3.05, 3.63) is 0 Å². The molecule has 4 atom stereocenters. The van der Waals surface area contributed by atoms with Crippen molar-refractivity contribution in [1.82, 2.24) is 0 Å². The molecule has 80 valence electrons. The van der Waals surface area contributed by atoms with Crippen molar-refractivity contribution in [3.63, 3.8) is 0 Å². The zero-order valence-corrected chi connectivity index (χ0v) is 9.29. The van der Waals surface area contributed by atoms with Crippen molar-refractivity contribution in [2.24, 2.45) is 0 Å². The first kappa shape index (κ1) is 10.5. The summed E-state index contributed by atoms with van der Waals surface area (Å²) in [6, 6.07) is 0.249. The maximum absolute atomic E-state index is 6.09. The number of rotatable bonds is 4. The van der Waals surface area contributed by atoms with E-state index < -0.39 is 0 Å². The largest absolute Gasteiger partial charge is 0.376 e. The summed E-state index contributed by atoms with van der Waals surface area (Å²) < 4.78 is 17.4. The number of hydrogen-bond donors (Lipinski definition) is 0. The molecule has 14 heavy (non-hydrogen) atoms. The summed E-state index contributed by atoms with van der Waals surface area (Å²) in [7, 11) is 2.83. The average molecular weight is 198 g/mol. The lowest BCUT2D eigenvalue weighted by atomic mass is 9.67. The van der Waals surface area contributed by atoms with Gasteiger partial charge in [-0.05, 0) is 6.42 Å². The lowest BCUT2D eigenvalue weighted by molar-refractivity contribution is -0.121. The lowest BCUT2D eigenvalue weighted by Gasteiger charge is -2.29. The molecule has 0 radical (unpaired) electrons. The minimum atomic E-state index is -0.154. The van der Waals surface area contributed by atoms with E-state index in [1.165, 1.54) is 0 Å². The molecule has 0 aromatic heterocycles. The van der Waals surface area contributed by atoms with Crippen LogP contribution < -0.4 is 0 Å². The van der Waals surface area contributed by atoms with Gasteiger partial charge >= 0.3 is 0 Å². The van der Waals surface area contributed by atoms with E-state index >= 15 is 0 Å². The van der Waals surface area contributed by atoms with Crippen LogP contribution in [0.5, 0.6) is 0 Å². The Hall–Kier alpha value is -0.0551. The summed E-state index contributed by atoms with van der Waals surface area (Å²) in [5.41, 5.74) is -0.154. The highest BCUT2D eigenvalue weighted by molar-refractivity contribution is 6.37. The molecular weight excluding hydrogens is 179 g/mol. The van der Waals surface area contributed by atoms with Crippen LogP contribution in [-0.4, -0.2) is 44.8 Å². The molecule has 0 amide bonds. The molecule has 0 saturated carbocycles. The molecule has 2 rings (SSSR count). The molecule has 2 aliphatic heterocycles. The Balaban J connectivity index is 2.12. The molecule has 0 aromatic carbocycles. The van der Waals surface area contributed by atoms with Gasteiger partial charge in [-0.15, -0.1) is 0 Å². The van der Waals surface area contributed by atoms with E-state index in [1.807, 2.05) is 0 Å². The van der Waals surface area contributed by atoms with Gasteiger partial charge in [0.25, 0.3) is 0 Å². The van der Waals surface area contributed by atoms with Gasteiger partial charge in [0.05, 0.1) is 12.6 Å². The molecule has 0 aliphatic carbocycles. The second kappa shape index (κ2) is 3.84. The Kier molecular flexibility index (Phi) is 2.87. The first-order valence-electron chi connectivity index (χ1n) is 5.59. The Morgan fingerprint density at radius 1 is 1.50 bits per heavy atom. The summed E-state index contributed by atoms with van der Waals surface area (Å²) in [4.78, 5) is 0. The zero-order chi connectivity index (χ0) is 10.2. The Labute approximate surface area is 86.3 Å². The minimum Gasteiger partial charge on any atom is -0.376 e. The second-order valence-corrected chi connectivity index (χ2v) is 4.30. The highest BCUT2D eigenvalue weighted by Crippen LogP contribution is 2.43. The molecule has 4 unspecified atom stereocenters. The molecule has 2 heterocycles. The van der Waals surface area contributed by atoms with Gasteiger partial charge in [-0.1, -0.05) is 20.2 Å². The van der Waals surface area contributed by atoms with Crippen molar-refractivity contribution in [3.8, 4) is 0 Å². The lowest BCUT2D eigenvalue weighted by Crippen LogP contribution is -2.41. The Morgan fingerprint density at radius 2 is 2.29 bits per heavy atom. The maximum atomic E-state index is 6.09. The van der Waals surface area contributed by atoms with Gasteiger partial charge in [0.2, 0.25) is 0 Å². The van der Waals surface area contributed by atoms with Gasteiger partial charge < -0.3 is 14.2 Å². The SMILES string of the molecule is CCBC1OC2(CC)COC1C2OC. The topological polar surface area (TPSA) is 27.7 Å².